The van der Waals surface area contributed by atoms with Crippen molar-refractivity contribution in [3.8, 4) is 11.3 Å². The van der Waals surface area contributed by atoms with Crippen LogP contribution in [0.2, 0.25) is 5.02 Å². The first kappa shape index (κ1) is 21.5. The number of quaternary nitrogens is 1. The van der Waals surface area contributed by atoms with E-state index in [4.69, 9.17) is 16.3 Å². The first-order valence-corrected chi connectivity index (χ1v) is 10.9. The van der Waals surface area contributed by atoms with Gasteiger partial charge in [0.1, 0.15) is 13.1 Å². The van der Waals surface area contributed by atoms with Crippen molar-refractivity contribution in [2.24, 2.45) is 0 Å². The van der Waals surface area contributed by atoms with Gasteiger partial charge >= 0.3 is 0 Å². The van der Waals surface area contributed by atoms with Crippen molar-refractivity contribution >= 4 is 28.3 Å². The van der Waals surface area contributed by atoms with E-state index in [-0.39, 0.29) is 24.4 Å². The molecular weight excluding hydrogens is 416 g/mol. The Balaban J connectivity index is 1.47. The fourth-order valence-corrected chi connectivity index (χ4v) is 3.92. The van der Waals surface area contributed by atoms with Crippen LogP contribution in [-0.4, -0.2) is 55.1 Å². The number of nitrogens with one attached hydrogen (secondary N) is 2. The molecular formula is C23H26ClN4O3+. The molecule has 0 atom stereocenters. The van der Waals surface area contributed by atoms with Gasteiger partial charge in [-0.3, -0.25) is 9.59 Å². The highest BCUT2D eigenvalue weighted by Crippen LogP contribution is 2.25. The molecule has 31 heavy (non-hydrogen) atoms. The van der Waals surface area contributed by atoms with Crippen LogP contribution in [0.4, 0.5) is 0 Å². The SMILES string of the molecule is O=C(CCn1nc(-c2ccc(Cl)cc2)c2ccccc2c1=O)NCC[NH+]1CCOCC1. The molecule has 162 valence electrons. The maximum Gasteiger partial charge on any atom is 0.274 e. The molecule has 1 aliphatic heterocycles. The molecule has 0 aliphatic carbocycles. The zero-order valence-electron chi connectivity index (χ0n) is 17.3. The summed E-state index contributed by atoms with van der Waals surface area (Å²) in [5.41, 5.74) is 1.37. The Morgan fingerprint density at radius 1 is 1.10 bits per heavy atom. The second-order valence-corrected chi connectivity index (χ2v) is 8.08. The van der Waals surface area contributed by atoms with E-state index in [1.165, 1.54) is 9.58 Å². The second-order valence-electron chi connectivity index (χ2n) is 7.64. The predicted molar refractivity (Wildman–Crippen MR) is 120 cm³/mol. The molecule has 1 fully saturated rings. The summed E-state index contributed by atoms with van der Waals surface area (Å²) < 4.78 is 6.74. The standard InChI is InChI=1S/C23H25ClN4O3/c24-18-7-5-17(6-8-18)22-19-3-1-2-4-20(19)23(30)28(26-22)11-9-21(29)25-10-12-27-13-15-31-16-14-27/h1-8H,9-16H2,(H,25,29)/p+1. The fraction of sp³-hybridized carbons (Fsp3) is 0.348. The van der Waals surface area contributed by atoms with Gasteiger partial charge in [0.25, 0.3) is 5.56 Å². The number of morpholine rings is 1. The summed E-state index contributed by atoms with van der Waals surface area (Å²) in [5, 5.41) is 9.54. The van der Waals surface area contributed by atoms with Gasteiger partial charge in [-0.05, 0) is 18.2 Å². The minimum Gasteiger partial charge on any atom is -0.370 e. The van der Waals surface area contributed by atoms with Gasteiger partial charge in [0.2, 0.25) is 5.91 Å². The quantitative estimate of drug-likeness (QED) is 0.576. The number of rotatable bonds is 7. The molecule has 4 rings (SSSR count). The van der Waals surface area contributed by atoms with Crippen LogP contribution < -0.4 is 15.8 Å². The number of nitrogens with zero attached hydrogens (tertiary/aromatic N) is 2. The number of carbonyl (C=O) groups excluding carboxylic acids is 1. The van der Waals surface area contributed by atoms with Gasteiger partial charge in [-0.1, -0.05) is 41.9 Å². The number of fused-ring (bicyclic) bond motifs is 1. The van der Waals surface area contributed by atoms with Gasteiger partial charge in [0.15, 0.2) is 0 Å². The fourth-order valence-electron chi connectivity index (χ4n) is 3.79. The molecule has 0 unspecified atom stereocenters. The van der Waals surface area contributed by atoms with Crippen LogP contribution in [0, 0.1) is 0 Å². The van der Waals surface area contributed by atoms with E-state index >= 15 is 0 Å². The Morgan fingerprint density at radius 3 is 2.55 bits per heavy atom. The topological polar surface area (TPSA) is 77.7 Å². The molecule has 8 heteroatoms. The number of amides is 1. The monoisotopic (exact) mass is 441 g/mol. The normalized spacial score (nSPS) is 14.6. The Hall–Kier alpha value is -2.74. The first-order valence-electron chi connectivity index (χ1n) is 10.6. The third kappa shape index (κ3) is 5.31. The van der Waals surface area contributed by atoms with E-state index in [9.17, 15) is 9.59 Å². The summed E-state index contributed by atoms with van der Waals surface area (Å²) >= 11 is 6.02. The van der Waals surface area contributed by atoms with Crippen molar-refractivity contribution in [1.29, 1.82) is 0 Å². The van der Waals surface area contributed by atoms with Gasteiger partial charge in [0.05, 0.1) is 43.9 Å². The van der Waals surface area contributed by atoms with Crippen molar-refractivity contribution < 1.29 is 14.4 Å². The minimum absolute atomic E-state index is 0.0810. The number of hydrogen-bond donors (Lipinski definition) is 2. The summed E-state index contributed by atoms with van der Waals surface area (Å²) in [6.07, 6.45) is 0.198. The van der Waals surface area contributed by atoms with Gasteiger partial charge in [0, 0.05) is 22.4 Å². The zero-order valence-corrected chi connectivity index (χ0v) is 18.0. The van der Waals surface area contributed by atoms with Crippen LogP contribution in [0.3, 0.4) is 0 Å². The van der Waals surface area contributed by atoms with Crippen LogP contribution >= 0.6 is 11.6 Å². The molecule has 0 radical (unpaired) electrons. The summed E-state index contributed by atoms with van der Waals surface area (Å²) in [4.78, 5) is 26.7. The third-order valence-electron chi connectivity index (χ3n) is 5.54. The number of hydrogen-bond acceptors (Lipinski definition) is 4. The maximum absolute atomic E-state index is 12.9. The Labute approximate surface area is 185 Å². The van der Waals surface area contributed by atoms with Gasteiger partial charge in [-0.25, -0.2) is 4.68 Å². The molecule has 1 aliphatic rings. The highest BCUT2D eigenvalue weighted by Gasteiger charge is 2.15. The van der Waals surface area contributed by atoms with Crippen LogP contribution in [0.15, 0.2) is 53.3 Å². The molecule has 1 saturated heterocycles. The molecule has 1 aromatic heterocycles. The first-order chi connectivity index (χ1) is 15.1. The van der Waals surface area contributed by atoms with Crippen molar-refractivity contribution in [2.75, 3.05) is 39.4 Å². The van der Waals surface area contributed by atoms with Crippen molar-refractivity contribution in [2.45, 2.75) is 13.0 Å². The number of halogens is 1. The average molecular weight is 442 g/mol. The van der Waals surface area contributed by atoms with E-state index < -0.39 is 0 Å². The lowest BCUT2D eigenvalue weighted by Crippen LogP contribution is -3.14. The molecule has 2 aromatic carbocycles. The third-order valence-corrected chi connectivity index (χ3v) is 5.79. The molecule has 3 aromatic rings. The van der Waals surface area contributed by atoms with Crippen LogP contribution in [0.5, 0.6) is 0 Å². The Morgan fingerprint density at radius 2 is 1.81 bits per heavy atom. The van der Waals surface area contributed by atoms with E-state index in [2.05, 4.69) is 10.4 Å². The molecule has 0 bridgehead atoms. The van der Waals surface area contributed by atoms with E-state index in [0.29, 0.717) is 22.6 Å². The Kier molecular flexibility index (Phi) is 6.96. The van der Waals surface area contributed by atoms with E-state index in [0.717, 1.165) is 43.8 Å². The highest BCUT2D eigenvalue weighted by atomic mass is 35.5. The molecule has 7 nitrogen and oxygen atoms in total. The lowest BCUT2D eigenvalue weighted by molar-refractivity contribution is -0.906. The van der Waals surface area contributed by atoms with Gasteiger partial charge < -0.3 is 15.0 Å². The summed E-state index contributed by atoms with van der Waals surface area (Å²) in [5.74, 6) is -0.0810. The molecule has 1 amide bonds. The molecule has 2 heterocycles. The van der Waals surface area contributed by atoms with E-state index in [1.54, 1.807) is 18.2 Å². The average Bonchev–Trinajstić information content (AvgIpc) is 2.80. The van der Waals surface area contributed by atoms with Gasteiger partial charge in [-0.15, -0.1) is 0 Å². The van der Waals surface area contributed by atoms with Crippen molar-refractivity contribution in [1.82, 2.24) is 15.1 Å². The lowest BCUT2D eigenvalue weighted by atomic mass is 10.1. The van der Waals surface area contributed by atoms with Gasteiger partial charge in [-0.2, -0.15) is 5.10 Å². The summed E-state index contributed by atoms with van der Waals surface area (Å²) in [7, 11) is 0. The number of aromatic nitrogens is 2. The summed E-state index contributed by atoms with van der Waals surface area (Å²) in [6.45, 7) is 5.21. The molecule has 0 spiro atoms. The maximum atomic E-state index is 12.9. The summed E-state index contributed by atoms with van der Waals surface area (Å²) in [6, 6.07) is 14.8. The largest absolute Gasteiger partial charge is 0.370 e. The molecule has 0 saturated carbocycles. The number of carbonyl (C=O) groups is 1. The van der Waals surface area contributed by atoms with Crippen LogP contribution in [-0.2, 0) is 16.1 Å². The lowest BCUT2D eigenvalue weighted by Gasteiger charge is -2.23. The van der Waals surface area contributed by atoms with Crippen molar-refractivity contribution in [3.63, 3.8) is 0 Å². The number of ether oxygens (including phenoxy) is 1. The Bertz CT molecular complexity index is 1110. The zero-order chi connectivity index (χ0) is 21.6. The molecule has 2 N–H and O–H groups in total. The van der Waals surface area contributed by atoms with E-state index in [1.807, 2.05) is 30.3 Å². The number of aryl methyl sites for hydroxylation is 1. The smallest absolute Gasteiger partial charge is 0.274 e. The predicted octanol–water partition coefficient (Wildman–Crippen LogP) is 1.14. The van der Waals surface area contributed by atoms with Crippen molar-refractivity contribution in [3.05, 3.63) is 63.9 Å². The van der Waals surface area contributed by atoms with Crippen LogP contribution in [0.1, 0.15) is 6.42 Å². The second kappa shape index (κ2) is 10.0. The number of benzene rings is 2. The highest BCUT2D eigenvalue weighted by molar-refractivity contribution is 6.30. The van der Waals surface area contributed by atoms with Crippen LogP contribution in [0.25, 0.3) is 22.0 Å². The minimum atomic E-state index is -0.195.